The molecular formula is C23H18. The van der Waals surface area contributed by atoms with E-state index in [4.69, 9.17) is 0 Å². The molecule has 23 heavy (non-hydrogen) atoms. The molecule has 0 N–H and O–H groups in total. The van der Waals surface area contributed by atoms with Crippen molar-refractivity contribution in [1.82, 2.24) is 0 Å². The van der Waals surface area contributed by atoms with Crippen molar-refractivity contribution in [3.8, 4) is 11.1 Å². The second-order valence-electron chi connectivity index (χ2n) is 6.46. The van der Waals surface area contributed by atoms with Crippen LogP contribution >= 0.6 is 0 Å². The van der Waals surface area contributed by atoms with Gasteiger partial charge < -0.3 is 0 Å². The first-order chi connectivity index (χ1) is 11.4. The molecule has 4 aromatic carbocycles. The van der Waals surface area contributed by atoms with Crippen LogP contribution in [0.15, 0.2) is 72.8 Å². The Balaban J connectivity index is 2.01. The molecule has 110 valence electrons. The van der Waals surface area contributed by atoms with Crippen molar-refractivity contribution < 1.29 is 0 Å². The first kappa shape index (κ1) is 12.9. The maximum Gasteiger partial charge on any atom is 0.00994 e. The summed E-state index contributed by atoms with van der Waals surface area (Å²) in [5, 5.41) is 5.45. The van der Waals surface area contributed by atoms with E-state index in [9.17, 15) is 0 Å². The average Bonchev–Trinajstić information content (AvgIpc) is 2.96. The van der Waals surface area contributed by atoms with Crippen LogP contribution in [0.2, 0.25) is 0 Å². The van der Waals surface area contributed by atoms with Crippen LogP contribution in [0.4, 0.5) is 0 Å². The number of hydrogen-bond acceptors (Lipinski definition) is 0. The number of benzene rings is 4. The molecule has 5 rings (SSSR count). The van der Waals surface area contributed by atoms with Crippen LogP contribution in [0.25, 0.3) is 32.7 Å². The molecule has 0 saturated carbocycles. The molecule has 4 aromatic rings. The molecule has 0 aliphatic heterocycles. The third-order valence-corrected chi connectivity index (χ3v) is 5.33. The molecule has 0 heterocycles. The molecule has 0 spiro atoms. The fourth-order valence-corrected chi connectivity index (χ4v) is 4.32. The Labute approximate surface area is 136 Å². The summed E-state index contributed by atoms with van der Waals surface area (Å²) < 4.78 is 0. The summed E-state index contributed by atoms with van der Waals surface area (Å²) in [4.78, 5) is 0. The van der Waals surface area contributed by atoms with E-state index in [0.717, 1.165) is 6.42 Å². The third-order valence-electron chi connectivity index (χ3n) is 5.33. The van der Waals surface area contributed by atoms with Crippen molar-refractivity contribution in [1.29, 1.82) is 0 Å². The number of hydrogen-bond donors (Lipinski definition) is 0. The van der Waals surface area contributed by atoms with E-state index in [1.165, 1.54) is 43.8 Å². The summed E-state index contributed by atoms with van der Waals surface area (Å²) in [6.45, 7) is 2.30. The minimum Gasteiger partial charge on any atom is -0.0645 e. The van der Waals surface area contributed by atoms with Gasteiger partial charge in [0.05, 0.1) is 0 Å². The average molecular weight is 294 g/mol. The minimum absolute atomic E-state index is 0.522. The van der Waals surface area contributed by atoms with Crippen molar-refractivity contribution in [2.75, 3.05) is 0 Å². The Morgan fingerprint density at radius 3 is 1.57 bits per heavy atom. The third kappa shape index (κ3) is 1.66. The van der Waals surface area contributed by atoms with Gasteiger partial charge in [-0.1, -0.05) is 79.7 Å². The summed E-state index contributed by atoms with van der Waals surface area (Å²) in [5.74, 6) is 0.522. The lowest BCUT2D eigenvalue weighted by Gasteiger charge is -2.11. The second kappa shape index (κ2) is 4.70. The highest BCUT2D eigenvalue weighted by molar-refractivity contribution is 6.10. The monoisotopic (exact) mass is 294 g/mol. The zero-order valence-corrected chi connectivity index (χ0v) is 13.2. The quantitative estimate of drug-likeness (QED) is 0.375. The molecule has 0 bridgehead atoms. The van der Waals surface area contributed by atoms with E-state index in [2.05, 4.69) is 79.7 Å². The lowest BCUT2D eigenvalue weighted by molar-refractivity contribution is 0.798. The zero-order chi connectivity index (χ0) is 15.4. The standard InChI is InChI=1S/C23H18/c1-2-17-20-13-11-15-7-3-5-9-18(15)22(20)23-19-10-6-4-8-16(19)12-14-21(17)23/h3-14,17H,2H2,1H3. The molecule has 1 aliphatic carbocycles. The van der Waals surface area contributed by atoms with Gasteiger partial charge in [-0.25, -0.2) is 0 Å². The molecule has 1 aliphatic rings. The first-order valence-corrected chi connectivity index (χ1v) is 8.42. The minimum atomic E-state index is 0.522. The summed E-state index contributed by atoms with van der Waals surface area (Å²) in [6.07, 6.45) is 1.15. The van der Waals surface area contributed by atoms with Crippen LogP contribution in [0.1, 0.15) is 30.4 Å². The van der Waals surface area contributed by atoms with Gasteiger partial charge in [0.25, 0.3) is 0 Å². The maximum absolute atomic E-state index is 2.35. The topological polar surface area (TPSA) is 0 Å². The SMILES string of the molecule is CCC1c2ccc3ccccc3c2-c2c1ccc1ccccc21. The van der Waals surface area contributed by atoms with Crippen molar-refractivity contribution in [2.45, 2.75) is 19.3 Å². The molecule has 0 nitrogen and oxygen atoms in total. The lowest BCUT2D eigenvalue weighted by Crippen LogP contribution is -1.93. The highest BCUT2D eigenvalue weighted by Gasteiger charge is 2.30. The zero-order valence-electron chi connectivity index (χ0n) is 13.2. The van der Waals surface area contributed by atoms with Gasteiger partial charge in [-0.05, 0) is 50.2 Å². The summed E-state index contributed by atoms with van der Waals surface area (Å²) in [5.41, 5.74) is 5.92. The Morgan fingerprint density at radius 1 is 0.609 bits per heavy atom. The van der Waals surface area contributed by atoms with Crippen LogP contribution in [-0.2, 0) is 0 Å². The Morgan fingerprint density at radius 2 is 1.09 bits per heavy atom. The molecule has 0 heteroatoms. The van der Waals surface area contributed by atoms with E-state index in [1.807, 2.05) is 0 Å². The number of rotatable bonds is 1. The predicted molar refractivity (Wildman–Crippen MR) is 99.0 cm³/mol. The normalized spacial score (nSPS) is 13.4. The molecule has 0 fully saturated rings. The Bertz CT molecular complexity index is 971. The lowest BCUT2D eigenvalue weighted by atomic mass is 9.93. The van der Waals surface area contributed by atoms with Gasteiger partial charge in [0.15, 0.2) is 0 Å². The molecule has 0 saturated heterocycles. The Kier molecular flexibility index (Phi) is 2.63. The Hall–Kier alpha value is -2.60. The van der Waals surface area contributed by atoms with E-state index in [0.29, 0.717) is 5.92 Å². The van der Waals surface area contributed by atoms with Crippen LogP contribution < -0.4 is 0 Å². The van der Waals surface area contributed by atoms with Crippen LogP contribution in [-0.4, -0.2) is 0 Å². The van der Waals surface area contributed by atoms with Gasteiger partial charge in [0.2, 0.25) is 0 Å². The highest BCUT2D eigenvalue weighted by atomic mass is 14.3. The fourth-order valence-electron chi connectivity index (χ4n) is 4.32. The molecular weight excluding hydrogens is 276 g/mol. The van der Waals surface area contributed by atoms with E-state index in [-0.39, 0.29) is 0 Å². The van der Waals surface area contributed by atoms with Crippen molar-refractivity contribution in [3.05, 3.63) is 83.9 Å². The van der Waals surface area contributed by atoms with Crippen LogP contribution in [0, 0.1) is 0 Å². The maximum atomic E-state index is 2.35. The van der Waals surface area contributed by atoms with Crippen LogP contribution in [0.5, 0.6) is 0 Å². The molecule has 0 unspecified atom stereocenters. The molecule has 0 radical (unpaired) electrons. The van der Waals surface area contributed by atoms with Crippen LogP contribution in [0.3, 0.4) is 0 Å². The van der Waals surface area contributed by atoms with Gasteiger partial charge >= 0.3 is 0 Å². The fraction of sp³-hybridized carbons (Fsp3) is 0.130. The van der Waals surface area contributed by atoms with Crippen molar-refractivity contribution >= 4 is 21.5 Å². The summed E-state index contributed by atoms with van der Waals surface area (Å²) >= 11 is 0. The highest BCUT2D eigenvalue weighted by Crippen LogP contribution is 2.51. The van der Waals surface area contributed by atoms with Crippen molar-refractivity contribution in [3.63, 3.8) is 0 Å². The van der Waals surface area contributed by atoms with Gasteiger partial charge in [0, 0.05) is 5.92 Å². The van der Waals surface area contributed by atoms with Gasteiger partial charge in [-0.3, -0.25) is 0 Å². The van der Waals surface area contributed by atoms with E-state index < -0.39 is 0 Å². The second-order valence-corrected chi connectivity index (χ2v) is 6.46. The molecule has 0 aromatic heterocycles. The summed E-state index contributed by atoms with van der Waals surface area (Å²) in [6, 6.07) is 26.8. The van der Waals surface area contributed by atoms with Gasteiger partial charge in [-0.15, -0.1) is 0 Å². The predicted octanol–water partition coefficient (Wildman–Crippen LogP) is 6.52. The first-order valence-electron chi connectivity index (χ1n) is 8.42. The van der Waals surface area contributed by atoms with Gasteiger partial charge in [-0.2, -0.15) is 0 Å². The van der Waals surface area contributed by atoms with Gasteiger partial charge in [0.1, 0.15) is 0 Å². The summed E-state index contributed by atoms with van der Waals surface area (Å²) in [7, 11) is 0. The smallest absolute Gasteiger partial charge is 0.00994 e. The number of fused-ring (bicyclic) bond motifs is 7. The largest absolute Gasteiger partial charge is 0.0645 e. The molecule has 0 amide bonds. The van der Waals surface area contributed by atoms with Crippen molar-refractivity contribution in [2.24, 2.45) is 0 Å². The van der Waals surface area contributed by atoms with E-state index >= 15 is 0 Å². The molecule has 0 atom stereocenters. The van der Waals surface area contributed by atoms with E-state index in [1.54, 1.807) is 0 Å².